The van der Waals surface area contributed by atoms with Gasteiger partial charge in [0.2, 0.25) is 5.91 Å². The molecule has 7 nitrogen and oxygen atoms in total. The Morgan fingerprint density at radius 1 is 0.925 bits per heavy atom. The van der Waals surface area contributed by atoms with Crippen molar-refractivity contribution in [3.63, 3.8) is 0 Å². The standard InChI is InChI=1S/C33H40N2O5/c1-23(2)20-35(33(39)40-22-25-13-7-4-8-14-25)21-28(36)18-27(17-24-11-5-3-6-12-24)32(38)34-31-29-16-10-9-15-26(29)19-30(31)37/h3-16,23,27-28,30-31,36-37H,17-22H2,1-2H3,(H,34,38)/t27-,28-,30+,31-/m0/s1. The Morgan fingerprint density at radius 3 is 2.23 bits per heavy atom. The van der Waals surface area contributed by atoms with E-state index in [4.69, 9.17) is 4.74 Å². The monoisotopic (exact) mass is 544 g/mol. The number of aliphatic hydroxyl groups is 2. The van der Waals surface area contributed by atoms with Gasteiger partial charge in [-0.15, -0.1) is 0 Å². The number of nitrogens with zero attached hydrogens (tertiary/aromatic N) is 1. The first kappa shape index (κ1) is 29.3. The highest BCUT2D eigenvalue weighted by Gasteiger charge is 2.34. The van der Waals surface area contributed by atoms with Gasteiger partial charge in [0.25, 0.3) is 0 Å². The lowest BCUT2D eigenvalue weighted by atomic mass is 9.92. The highest BCUT2D eigenvalue weighted by atomic mass is 16.6. The van der Waals surface area contributed by atoms with Gasteiger partial charge in [-0.3, -0.25) is 4.79 Å². The number of ether oxygens (including phenoxy) is 1. The first-order valence-corrected chi connectivity index (χ1v) is 14.0. The maximum Gasteiger partial charge on any atom is 0.410 e. The molecule has 0 aromatic heterocycles. The number of fused-ring (bicyclic) bond motifs is 1. The van der Waals surface area contributed by atoms with Crippen LogP contribution in [-0.4, -0.2) is 52.4 Å². The zero-order valence-electron chi connectivity index (χ0n) is 23.3. The van der Waals surface area contributed by atoms with Gasteiger partial charge in [-0.25, -0.2) is 4.79 Å². The van der Waals surface area contributed by atoms with Gasteiger partial charge in [-0.2, -0.15) is 0 Å². The molecule has 0 saturated carbocycles. The Kier molecular flexibility index (Phi) is 10.3. The molecule has 212 valence electrons. The van der Waals surface area contributed by atoms with Crippen LogP contribution in [0.1, 0.15) is 48.6 Å². The maximum absolute atomic E-state index is 13.6. The number of aliphatic hydroxyl groups excluding tert-OH is 2. The molecule has 3 aromatic carbocycles. The predicted octanol–water partition coefficient (Wildman–Crippen LogP) is 4.67. The molecule has 0 spiro atoms. The minimum Gasteiger partial charge on any atom is -0.445 e. The van der Waals surface area contributed by atoms with Gasteiger partial charge in [-0.1, -0.05) is 98.8 Å². The van der Waals surface area contributed by atoms with Gasteiger partial charge < -0.3 is 25.2 Å². The van der Waals surface area contributed by atoms with Gasteiger partial charge >= 0.3 is 6.09 Å². The summed E-state index contributed by atoms with van der Waals surface area (Å²) in [6.07, 6.45) is -1.07. The molecule has 0 unspecified atom stereocenters. The van der Waals surface area contributed by atoms with Gasteiger partial charge in [0.1, 0.15) is 6.61 Å². The van der Waals surface area contributed by atoms with Crippen molar-refractivity contribution in [3.8, 4) is 0 Å². The van der Waals surface area contributed by atoms with E-state index >= 15 is 0 Å². The van der Waals surface area contributed by atoms with E-state index in [2.05, 4.69) is 5.32 Å². The molecule has 2 amide bonds. The SMILES string of the molecule is CC(C)CN(C[C@@H](O)C[C@H](Cc1ccccc1)C(=O)N[C@H]1c2ccccc2C[C@H]1O)C(=O)OCc1ccccc1. The van der Waals surface area contributed by atoms with Crippen molar-refractivity contribution < 1.29 is 24.5 Å². The number of carbonyl (C=O) groups excluding carboxylic acids is 2. The third kappa shape index (κ3) is 8.16. The fourth-order valence-corrected chi connectivity index (χ4v) is 5.33. The minimum atomic E-state index is -0.941. The Bertz CT molecular complexity index is 1230. The van der Waals surface area contributed by atoms with Crippen LogP contribution in [0.3, 0.4) is 0 Å². The van der Waals surface area contributed by atoms with Crippen LogP contribution in [-0.2, 0) is 29.0 Å². The third-order valence-electron chi connectivity index (χ3n) is 7.23. The van der Waals surface area contributed by atoms with Gasteiger partial charge in [0.05, 0.1) is 18.2 Å². The largest absolute Gasteiger partial charge is 0.445 e. The highest BCUT2D eigenvalue weighted by molar-refractivity contribution is 5.80. The van der Waals surface area contributed by atoms with Crippen LogP contribution >= 0.6 is 0 Å². The predicted molar refractivity (Wildman–Crippen MR) is 154 cm³/mol. The molecule has 3 aromatic rings. The van der Waals surface area contributed by atoms with Crippen molar-refractivity contribution in [2.45, 2.75) is 58.0 Å². The van der Waals surface area contributed by atoms with E-state index in [0.717, 1.165) is 22.3 Å². The molecule has 0 bridgehead atoms. The summed E-state index contributed by atoms with van der Waals surface area (Å²) in [5.41, 5.74) is 3.81. The highest BCUT2D eigenvalue weighted by Crippen LogP contribution is 2.32. The van der Waals surface area contributed by atoms with Crippen LogP contribution in [0.4, 0.5) is 4.79 Å². The third-order valence-corrected chi connectivity index (χ3v) is 7.23. The molecule has 40 heavy (non-hydrogen) atoms. The van der Waals surface area contributed by atoms with E-state index in [9.17, 15) is 19.8 Å². The van der Waals surface area contributed by atoms with Crippen molar-refractivity contribution in [3.05, 3.63) is 107 Å². The smallest absolute Gasteiger partial charge is 0.410 e. The molecule has 4 atom stereocenters. The summed E-state index contributed by atoms with van der Waals surface area (Å²) in [4.78, 5) is 28.1. The van der Waals surface area contributed by atoms with Crippen LogP contribution < -0.4 is 5.32 Å². The minimum absolute atomic E-state index is 0.0548. The normalized spacial score (nSPS) is 17.6. The van der Waals surface area contributed by atoms with E-state index < -0.39 is 30.3 Å². The fourth-order valence-electron chi connectivity index (χ4n) is 5.33. The summed E-state index contributed by atoms with van der Waals surface area (Å²) < 4.78 is 5.54. The zero-order chi connectivity index (χ0) is 28.5. The molecule has 7 heteroatoms. The molecule has 0 radical (unpaired) electrons. The van der Waals surface area contributed by atoms with E-state index in [1.165, 1.54) is 4.90 Å². The van der Waals surface area contributed by atoms with Crippen molar-refractivity contribution in [2.75, 3.05) is 13.1 Å². The van der Waals surface area contributed by atoms with Crippen LogP contribution in [0.2, 0.25) is 0 Å². The first-order valence-electron chi connectivity index (χ1n) is 14.0. The van der Waals surface area contributed by atoms with E-state index in [1.54, 1.807) is 0 Å². The number of rotatable bonds is 12. The second-order valence-corrected chi connectivity index (χ2v) is 11.1. The molecule has 1 aliphatic carbocycles. The van der Waals surface area contributed by atoms with Crippen LogP contribution in [0.5, 0.6) is 0 Å². The van der Waals surface area contributed by atoms with Crippen LogP contribution in [0.15, 0.2) is 84.9 Å². The summed E-state index contributed by atoms with van der Waals surface area (Å²) in [7, 11) is 0. The van der Waals surface area contributed by atoms with Crippen molar-refractivity contribution in [1.82, 2.24) is 10.2 Å². The molecular weight excluding hydrogens is 504 g/mol. The van der Waals surface area contributed by atoms with Crippen LogP contribution in [0.25, 0.3) is 0 Å². The first-order chi connectivity index (χ1) is 19.3. The lowest BCUT2D eigenvalue weighted by Crippen LogP contribution is -2.43. The molecule has 0 fully saturated rings. The summed E-state index contributed by atoms with van der Waals surface area (Å²) in [5.74, 6) is -0.617. The van der Waals surface area contributed by atoms with E-state index in [1.807, 2.05) is 98.8 Å². The molecular formula is C33H40N2O5. The molecule has 4 rings (SSSR count). The zero-order valence-corrected chi connectivity index (χ0v) is 23.3. The molecule has 1 aliphatic rings. The number of hydrogen-bond acceptors (Lipinski definition) is 5. The second-order valence-electron chi connectivity index (χ2n) is 11.1. The fraction of sp³-hybridized carbons (Fsp3) is 0.394. The summed E-state index contributed by atoms with van der Waals surface area (Å²) >= 11 is 0. The van der Waals surface area contributed by atoms with Crippen molar-refractivity contribution in [2.24, 2.45) is 11.8 Å². The lowest BCUT2D eigenvalue weighted by molar-refractivity contribution is -0.127. The molecule has 0 aliphatic heterocycles. The molecule has 0 heterocycles. The van der Waals surface area contributed by atoms with E-state index in [0.29, 0.717) is 19.4 Å². The number of carbonyl (C=O) groups is 2. The molecule has 0 saturated heterocycles. The maximum atomic E-state index is 13.6. The molecule has 3 N–H and O–H groups in total. The van der Waals surface area contributed by atoms with E-state index in [-0.39, 0.29) is 31.4 Å². The number of amides is 2. The average Bonchev–Trinajstić information content (AvgIpc) is 3.26. The topological polar surface area (TPSA) is 99.1 Å². The summed E-state index contributed by atoms with van der Waals surface area (Å²) in [6, 6.07) is 26.4. The van der Waals surface area contributed by atoms with Gasteiger partial charge in [-0.05, 0) is 41.0 Å². The van der Waals surface area contributed by atoms with Gasteiger partial charge in [0, 0.05) is 25.4 Å². The quantitative estimate of drug-likeness (QED) is 0.308. The number of benzene rings is 3. The Labute approximate surface area is 236 Å². The Balaban J connectivity index is 1.44. The summed E-state index contributed by atoms with van der Waals surface area (Å²) in [6.45, 7) is 4.62. The van der Waals surface area contributed by atoms with Gasteiger partial charge in [0.15, 0.2) is 0 Å². The second kappa shape index (κ2) is 14.1. The summed E-state index contributed by atoms with van der Waals surface area (Å²) in [5, 5.41) is 24.9. The Hall–Kier alpha value is -3.68. The number of nitrogens with one attached hydrogen (secondary N) is 1. The van der Waals surface area contributed by atoms with Crippen LogP contribution in [0, 0.1) is 11.8 Å². The average molecular weight is 545 g/mol. The number of hydrogen-bond donors (Lipinski definition) is 3. The van der Waals surface area contributed by atoms with Crippen molar-refractivity contribution >= 4 is 12.0 Å². The Morgan fingerprint density at radius 2 is 1.55 bits per heavy atom. The van der Waals surface area contributed by atoms with Crippen molar-refractivity contribution in [1.29, 1.82) is 0 Å². The lowest BCUT2D eigenvalue weighted by Gasteiger charge is -2.28.